The van der Waals surface area contributed by atoms with E-state index in [9.17, 15) is 0 Å². The Kier molecular flexibility index (Phi) is 3.65. The molecule has 2 atom stereocenters. The van der Waals surface area contributed by atoms with Crippen molar-refractivity contribution in [2.75, 3.05) is 33.7 Å². The van der Waals surface area contributed by atoms with Gasteiger partial charge < -0.3 is 10.2 Å². The SMILES string of the molecule is CC1CCN(C2CC2)C(CN(C)C)CN1. The second kappa shape index (κ2) is 4.81. The summed E-state index contributed by atoms with van der Waals surface area (Å²) in [6, 6.07) is 2.32. The molecule has 0 aromatic carbocycles. The lowest BCUT2D eigenvalue weighted by atomic mass is 10.2. The number of nitrogens with one attached hydrogen (secondary N) is 1. The van der Waals surface area contributed by atoms with Gasteiger partial charge in [-0.05, 0) is 40.3 Å². The fourth-order valence-corrected chi connectivity index (χ4v) is 2.56. The van der Waals surface area contributed by atoms with Crippen LogP contribution in [0.15, 0.2) is 0 Å². The van der Waals surface area contributed by atoms with Crippen molar-refractivity contribution in [2.24, 2.45) is 0 Å². The number of likely N-dealkylation sites (N-methyl/N-ethyl adjacent to an activating group) is 1. The average molecular weight is 211 g/mol. The third-order valence-electron chi connectivity index (χ3n) is 3.58. The third-order valence-corrected chi connectivity index (χ3v) is 3.58. The first-order chi connectivity index (χ1) is 7.16. The first kappa shape index (κ1) is 11.4. The van der Waals surface area contributed by atoms with Crippen LogP contribution in [0.3, 0.4) is 0 Å². The van der Waals surface area contributed by atoms with Crippen molar-refractivity contribution in [3.05, 3.63) is 0 Å². The highest BCUT2D eigenvalue weighted by Crippen LogP contribution is 2.29. The van der Waals surface area contributed by atoms with Gasteiger partial charge in [0.15, 0.2) is 0 Å². The van der Waals surface area contributed by atoms with Gasteiger partial charge in [0.05, 0.1) is 0 Å². The first-order valence-electron chi connectivity index (χ1n) is 6.30. The fraction of sp³-hybridized carbons (Fsp3) is 1.00. The van der Waals surface area contributed by atoms with Crippen molar-refractivity contribution in [1.82, 2.24) is 15.1 Å². The highest BCUT2D eigenvalue weighted by molar-refractivity contribution is 4.92. The lowest BCUT2D eigenvalue weighted by Gasteiger charge is -2.31. The second-order valence-electron chi connectivity index (χ2n) is 5.48. The van der Waals surface area contributed by atoms with Crippen molar-refractivity contribution in [3.8, 4) is 0 Å². The predicted molar refractivity (Wildman–Crippen MR) is 64.2 cm³/mol. The molecular formula is C12H25N3. The van der Waals surface area contributed by atoms with Gasteiger partial charge in [-0.3, -0.25) is 4.90 Å². The molecule has 1 heterocycles. The molecule has 15 heavy (non-hydrogen) atoms. The molecule has 0 spiro atoms. The maximum Gasteiger partial charge on any atom is 0.0350 e. The summed E-state index contributed by atoms with van der Waals surface area (Å²) in [5.74, 6) is 0. The summed E-state index contributed by atoms with van der Waals surface area (Å²) in [6.07, 6.45) is 4.16. The summed E-state index contributed by atoms with van der Waals surface area (Å²) in [6.45, 7) is 5.95. The van der Waals surface area contributed by atoms with Crippen LogP contribution in [0.25, 0.3) is 0 Å². The van der Waals surface area contributed by atoms with Crippen molar-refractivity contribution < 1.29 is 0 Å². The minimum Gasteiger partial charge on any atom is -0.313 e. The minimum atomic E-state index is 0.693. The van der Waals surface area contributed by atoms with E-state index >= 15 is 0 Å². The molecule has 0 aromatic heterocycles. The van der Waals surface area contributed by atoms with Crippen LogP contribution in [0.5, 0.6) is 0 Å². The summed E-state index contributed by atoms with van der Waals surface area (Å²) in [7, 11) is 4.36. The zero-order valence-electron chi connectivity index (χ0n) is 10.4. The summed E-state index contributed by atoms with van der Waals surface area (Å²) in [5, 5.41) is 3.64. The van der Waals surface area contributed by atoms with Gasteiger partial charge in [0.2, 0.25) is 0 Å². The van der Waals surface area contributed by atoms with Gasteiger partial charge in [0.25, 0.3) is 0 Å². The van der Waals surface area contributed by atoms with Crippen LogP contribution in [-0.4, -0.2) is 61.7 Å². The Morgan fingerprint density at radius 1 is 1.27 bits per heavy atom. The normalized spacial score (nSPS) is 34.4. The van der Waals surface area contributed by atoms with Crippen molar-refractivity contribution in [3.63, 3.8) is 0 Å². The highest BCUT2D eigenvalue weighted by atomic mass is 15.3. The lowest BCUT2D eigenvalue weighted by Crippen LogP contribution is -2.47. The zero-order chi connectivity index (χ0) is 10.8. The van der Waals surface area contributed by atoms with Crippen LogP contribution < -0.4 is 5.32 Å². The van der Waals surface area contributed by atoms with Crippen LogP contribution in [0.2, 0.25) is 0 Å². The molecule has 2 fully saturated rings. The molecule has 2 unspecified atom stereocenters. The van der Waals surface area contributed by atoms with Gasteiger partial charge in [0, 0.05) is 37.8 Å². The monoisotopic (exact) mass is 211 g/mol. The van der Waals surface area contributed by atoms with E-state index in [1.54, 1.807) is 0 Å². The lowest BCUT2D eigenvalue weighted by molar-refractivity contribution is 0.164. The standard InChI is InChI=1S/C12H25N3/c1-10-6-7-15(11-4-5-11)12(8-13-10)9-14(2)3/h10-13H,4-9H2,1-3H3. The quantitative estimate of drug-likeness (QED) is 0.743. The van der Waals surface area contributed by atoms with Crippen LogP contribution in [0.4, 0.5) is 0 Å². The van der Waals surface area contributed by atoms with Crippen LogP contribution >= 0.6 is 0 Å². The third kappa shape index (κ3) is 3.16. The molecule has 88 valence electrons. The summed E-state index contributed by atoms with van der Waals surface area (Å²) < 4.78 is 0. The molecule has 2 aliphatic rings. The Morgan fingerprint density at radius 3 is 2.60 bits per heavy atom. The Morgan fingerprint density at radius 2 is 2.00 bits per heavy atom. The van der Waals surface area contributed by atoms with E-state index in [1.165, 1.54) is 32.4 Å². The van der Waals surface area contributed by atoms with E-state index in [0.717, 1.165) is 18.6 Å². The molecule has 1 saturated carbocycles. The van der Waals surface area contributed by atoms with E-state index in [1.807, 2.05) is 0 Å². The summed E-state index contributed by atoms with van der Waals surface area (Å²) in [5.41, 5.74) is 0. The molecule has 0 amide bonds. The van der Waals surface area contributed by atoms with Crippen LogP contribution in [0.1, 0.15) is 26.2 Å². The molecule has 0 bridgehead atoms. The van der Waals surface area contributed by atoms with Gasteiger partial charge in [0.1, 0.15) is 0 Å². The number of hydrogen-bond acceptors (Lipinski definition) is 3. The van der Waals surface area contributed by atoms with Crippen molar-refractivity contribution >= 4 is 0 Å². The van der Waals surface area contributed by atoms with E-state index < -0.39 is 0 Å². The molecule has 3 heteroatoms. The predicted octanol–water partition coefficient (Wildman–Crippen LogP) is 0.763. The molecule has 0 radical (unpaired) electrons. The second-order valence-corrected chi connectivity index (χ2v) is 5.48. The molecule has 1 aliphatic heterocycles. The molecule has 0 aromatic rings. The van der Waals surface area contributed by atoms with E-state index in [4.69, 9.17) is 0 Å². The molecule has 1 saturated heterocycles. The van der Waals surface area contributed by atoms with E-state index in [-0.39, 0.29) is 0 Å². The molecule has 2 rings (SSSR count). The van der Waals surface area contributed by atoms with Crippen molar-refractivity contribution in [2.45, 2.75) is 44.3 Å². The number of hydrogen-bond donors (Lipinski definition) is 1. The number of rotatable bonds is 3. The maximum atomic E-state index is 3.64. The van der Waals surface area contributed by atoms with E-state index in [0.29, 0.717) is 6.04 Å². The Hall–Kier alpha value is -0.120. The topological polar surface area (TPSA) is 18.5 Å². The molecule has 1 aliphatic carbocycles. The molecule has 1 N–H and O–H groups in total. The van der Waals surface area contributed by atoms with Gasteiger partial charge in [-0.2, -0.15) is 0 Å². The zero-order valence-corrected chi connectivity index (χ0v) is 10.4. The Balaban J connectivity index is 1.95. The van der Waals surface area contributed by atoms with Gasteiger partial charge in [-0.1, -0.05) is 0 Å². The molecular weight excluding hydrogens is 186 g/mol. The Bertz CT molecular complexity index is 201. The average Bonchev–Trinajstić information content (AvgIpc) is 2.95. The fourth-order valence-electron chi connectivity index (χ4n) is 2.56. The van der Waals surface area contributed by atoms with Gasteiger partial charge in [-0.25, -0.2) is 0 Å². The smallest absolute Gasteiger partial charge is 0.0350 e. The Labute approximate surface area is 93.8 Å². The van der Waals surface area contributed by atoms with Crippen LogP contribution in [-0.2, 0) is 0 Å². The summed E-state index contributed by atoms with van der Waals surface area (Å²) >= 11 is 0. The van der Waals surface area contributed by atoms with Crippen LogP contribution in [0, 0.1) is 0 Å². The van der Waals surface area contributed by atoms with Gasteiger partial charge >= 0.3 is 0 Å². The molecule has 3 nitrogen and oxygen atoms in total. The minimum absolute atomic E-state index is 0.693. The first-order valence-corrected chi connectivity index (χ1v) is 6.30. The van der Waals surface area contributed by atoms with Crippen molar-refractivity contribution in [1.29, 1.82) is 0 Å². The van der Waals surface area contributed by atoms with Gasteiger partial charge in [-0.15, -0.1) is 0 Å². The van der Waals surface area contributed by atoms with E-state index in [2.05, 4.69) is 36.1 Å². The maximum absolute atomic E-state index is 3.64. The highest BCUT2D eigenvalue weighted by Gasteiger charge is 2.35. The summed E-state index contributed by atoms with van der Waals surface area (Å²) in [4.78, 5) is 5.06. The largest absolute Gasteiger partial charge is 0.313 e. The number of nitrogens with zero attached hydrogens (tertiary/aromatic N) is 2.